The van der Waals surface area contributed by atoms with Crippen LogP contribution in [0.15, 0.2) is 0 Å². The first-order valence-corrected chi connectivity index (χ1v) is 6.20. The molecule has 1 atom stereocenters. The summed E-state index contributed by atoms with van der Waals surface area (Å²) in [6.07, 6.45) is 7.21. The lowest BCUT2D eigenvalue weighted by atomic mass is 10.0. The molecule has 3 heteroatoms. The van der Waals surface area contributed by atoms with Gasteiger partial charge in [0.05, 0.1) is 6.10 Å². The van der Waals surface area contributed by atoms with Crippen molar-refractivity contribution in [2.45, 2.75) is 44.6 Å². The first-order chi connectivity index (χ1) is 7.33. The zero-order chi connectivity index (χ0) is 10.9. The summed E-state index contributed by atoms with van der Waals surface area (Å²) in [5, 5.41) is 13.0. The molecule has 0 amide bonds. The van der Waals surface area contributed by atoms with Crippen LogP contribution >= 0.6 is 0 Å². The van der Waals surface area contributed by atoms with Crippen LogP contribution in [-0.2, 0) is 4.74 Å². The lowest BCUT2D eigenvalue weighted by Gasteiger charge is -2.15. The van der Waals surface area contributed by atoms with Gasteiger partial charge in [-0.05, 0) is 25.3 Å². The Morgan fingerprint density at radius 2 is 2.13 bits per heavy atom. The molecule has 2 N–H and O–H groups in total. The van der Waals surface area contributed by atoms with Gasteiger partial charge in [-0.3, -0.25) is 0 Å². The van der Waals surface area contributed by atoms with Crippen LogP contribution in [0.1, 0.15) is 38.5 Å². The van der Waals surface area contributed by atoms with Gasteiger partial charge in [-0.2, -0.15) is 0 Å². The minimum absolute atomic E-state index is 0.157. The minimum Gasteiger partial charge on any atom is -0.392 e. The molecule has 0 aromatic heterocycles. The van der Waals surface area contributed by atoms with E-state index in [0.717, 1.165) is 38.5 Å². The fourth-order valence-electron chi connectivity index (χ4n) is 2.32. The molecule has 15 heavy (non-hydrogen) atoms. The SMILES string of the molecule is COCCCNCC(O)CC1CCCC1. The van der Waals surface area contributed by atoms with Gasteiger partial charge >= 0.3 is 0 Å². The van der Waals surface area contributed by atoms with Crippen LogP contribution in [0.2, 0.25) is 0 Å². The second-order valence-electron chi connectivity index (χ2n) is 4.59. The van der Waals surface area contributed by atoms with Gasteiger partial charge in [0.2, 0.25) is 0 Å². The van der Waals surface area contributed by atoms with Gasteiger partial charge < -0.3 is 15.2 Å². The number of aliphatic hydroxyl groups is 1. The first-order valence-electron chi connectivity index (χ1n) is 6.20. The standard InChI is InChI=1S/C12H25NO2/c1-15-8-4-7-13-10-12(14)9-11-5-2-3-6-11/h11-14H,2-10H2,1H3. The quantitative estimate of drug-likeness (QED) is 0.604. The molecule has 0 aromatic carbocycles. The average Bonchev–Trinajstić information content (AvgIpc) is 2.70. The Morgan fingerprint density at radius 3 is 2.80 bits per heavy atom. The number of rotatable bonds is 8. The maximum absolute atomic E-state index is 9.77. The van der Waals surface area contributed by atoms with E-state index in [0.29, 0.717) is 0 Å². The summed E-state index contributed by atoms with van der Waals surface area (Å²) < 4.78 is 4.95. The molecule has 0 aliphatic heterocycles. The Balaban J connectivity index is 1.91. The Morgan fingerprint density at radius 1 is 1.40 bits per heavy atom. The maximum Gasteiger partial charge on any atom is 0.0667 e. The third-order valence-corrected chi connectivity index (χ3v) is 3.16. The average molecular weight is 215 g/mol. The van der Waals surface area contributed by atoms with Crippen molar-refractivity contribution in [2.75, 3.05) is 26.8 Å². The van der Waals surface area contributed by atoms with Crippen LogP contribution in [0.3, 0.4) is 0 Å². The van der Waals surface area contributed by atoms with E-state index < -0.39 is 0 Å². The van der Waals surface area contributed by atoms with Crippen LogP contribution < -0.4 is 5.32 Å². The van der Waals surface area contributed by atoms with Crippen LogP contribution in [-0.4, -0.2) is 38.0 Å². The van der Waals surface area contributed by atoms with E-state index in [2.05, 4.69) is 5.32 Å². The lowest BCUT2D eigenvalue weighted by Crippen LogP contribution is -2.29. The van der Waals surface area contributed by atoms with Crippen molar-refractivity contribution in [2.24, 2.45) is 5.92 Å². The molecule has 0 aromatic rings. The van der Waals surface area contributed by atoms with Crippen molar-refractivity contribution in [3.8, 4) is 0 Å². The molecule has 1 saturated carbocycles. The molecule has 1 unspecified atom stereocenters. The van der Waals surface area contributed by atoms with E-state index in [1.54, 1.807) is 7.11 Å². The van der Waals surface area contributed by atoms with Gasteiger partial charge in [-0.15, -0.1) is 0 Å². The Labute approximate surface area is 93.2 Å². The van der Waals surface area contributed by atoms with Crippen LogP contribution in [0.4, 0.5) is 0 Å². The van der Waals surface area contributed by atoms with Crippen molar-refractivity contribution < 1.29 is 9.84 Å². The van der Waals surface area contributed by atoms with Gasteiger partial charge in [0, 0.05) is 20.3 Å². The second kappa shape index (κ2) is 8.08. The fourth-order valence-corrected chi connectivity index (χ4v) is 2.32. The molecule has 90 valence electrons. The van der Waals surface area contributed by atoms with Crippen LogP contribution in [0, 0.1) is 5.92 Å². The fraction of sp³-hybridized carbons (Fsp3) is 1.00. The number of nitrogens with one attached hydrogen (secondary N) is 1. The monoisotopic (exact) mass is 215 g/mol. The number of ether oxygens (including phenoxy) is 1. The molecule has 1 aliphatic carbocycles. The molecule has 1 fully saturated rings. The molecular formula is C12H25NO2. The highest BCUT2D eigenvalue weighted by atomic mass is 16.5. The van der Waals surface area contributed by atoms with Crippen LogP contribution in [0.5, 0.6) is 0 Å². The molecule has 0 bridgehead atoms. The van der Waals surface area contributed by atoms with Gasteiger partial charge in [0.15, 0.2) is 0 Å². The third kappa shape index (κ3) is 6.13. The number of hydrogen-bond donors (Lipinski definition) is 2. The van der Waals surface area contributed by atoms with E-state index in [-0.39, 0.29) is 6.10 Å². The third-order valence-electron chi connectivity index (χ3n) is 3.16. The summed E-state index contributed by atoms with van der Waals surface area (Å²) in [6.45, 7) is 2.47. The van der Waals surface area contributed by atoms with E-state index in [9.17, 15) is 5.11 Å². The Hall–Kier alpha value is -0.120. The maximum atomic E-state index is 9.77. The number of aliphatic hydroxyl groups excluding tert-OH is 1. The van der Waals surface area contributed by atoms with Crippen molar-refractivity contribution in [1.29, 1.82) is 0 Å². The predicted molar refractivity (Wildman–Crippen MR) is 61.9 cm³/mol. The molecule has 0 spiro atoms. The van der Waals surface area contributed by atoms with Crippen molar-refractivity contribution >= 4 is 0 Å². The topological polar surface area (TPSA) is 41.5 Å². The van der Waals surface area contributed by atoms with E-state index >= 15 is 0 Å². The zero-order valence-electron chi connectivity index (χ0n) is 9.87. The Bertz CT molecular complexity index is 147. The zero-order valence-corrected chi connectivity index (χ0v) is 9.87. The van der Waals surface area contributed by atoms with E-state index in [1.807, 2.05) is 0 Å². The smallest absolute Gasteiger partial charge is 0.0667 e. The van der Waals surface area contributed by atoms with Gasteiger partial charge in [0.25, 0.3) is 0 Å². The molecular weight excluding hydrogens is 190 g/mol. The number of hydrogen-bond acceptors (Lipinski definition) is 3. The largest absolute Gasteiger partial charge is 0.392 e. The van der Waals surface area contributed by atoms with Gasteiger partial charge in [-0.25, -0.2) is 0 Å². The molecule has 1 aliphatic rings. The van der Waals surface area contributed by atoms with Crippen molar-refractivity contribution in [3.05, 3.63) is 0 Å². The summed E-state index contributed by atoms with van der Waals surface area (Å²) in [5.74, 6) is 0.778. The van der Waals surface area contributed by atoms with Gasteiger partial charge in [-0.1, -0.05) is 25.7 Å². The summed E-state index contributed by atoms with van der Waals surface area (Å²) >= 11 is 0. The van der Waals surface area contributed by atoms with E-state index in [1.165, 1.54) is 25.7 Å². The highest BCUT2D eigenvalue weighted by Crippen LogP contribution is 2.28. The van der Waals surface area contributed by atoms with Crippen molar-refractivity contribution in [1.82, 2.24) is 5.32 Å². The number of methoxy groups -OCH3 is 1. The highest BCUT2D eigenvalue weighted by molar-refractivity contribution is 4.72. The summed E-state index contributed by atoms with van der Waals surface area (Å²) in [6, 6.07) is 0. The van der Waals surface area contributed by atoms with E-state index in [4.69, 9.17) is 4.74 Å². The second-order valence-corrected chi connectivity index (χ2v) is 4.59. The molecule has 0 saturated heterocycles. The summed E-state index contributed by atoms with van der Waals surface area (Å²) in [4.78, 5) is 0. The molecule has 0 heterocycles. The normalized spacial score (nSPS) is 19.6. The first kappa shape index (κ1) is 12.9. The Kier molecular flexibility index (Phi) is 6.98. The summed E-state index contributed by atoms with van der Waals surface area (Å²) in [5.41, 5.74) is 0. The van der Waals surface area contributed by atoms with Crippen LogP contribution in [0.25, 0.3) is 0 Å². The lowest BCUT2D eigenvalue weighted by molar-refractivity contribution is 0.138. The molecule has 1 rings (SSSR count). The highest BCUT2D eigenvalue weighted by Gasteiger charge is 2.18. The summed E-state index contributed by atoms with van der Waals surface area (Å²) in [7, 11) is 1.72. The van der Waals surface area contributed by atoms with Gasteiger partial charge in [0.1, 0.15) is 0 Å². The van der Waals surface area contributed by atoms with Crippen molar-refractivity contribution in [3.63, 3.8) is 0 Å². The molecule has 0 radical (unpaired) electrons. The minimum atomic E-state index is -0.157. The predicted octanol–water partition coefficient (Wildman–Crippen LogP) is 1.55. The molecule has 3 nitrogen and oxygen atoms in total.